The van der Waals surface area contributed by atoms with Crippen LogP contribution in [0.5, 0.6) is 0 Å². The fourth-order valence-corrected chi connectivity index (χ4v) is 10.8. The summed E-state index contributed by atoms with van der Waals surface area (Å²) >= 11 is 5.60. The second kappa shape index (κ2) is 23.9. The molecule has 0 spiro atoms. The molecule has 0 amide bonds. The third-order valence-electron chi connectivity index (χ3n) is 8.77. The molecule has 0 saturated heterocycles. The fraction of sp³-hybridized carbons (Fsp3) is 0. The molecule has 12 nitrogen and oxygen atoms in total. The van der Waals surface area contributed by atoms with Crippen molar-refractivity contribution in [3.8, 4) is 0 Å². The van der Waals surface area contributed by atoms with Gasteiger partial charge in [0.25, 0.3) is 20.2 Å². The van der Waals surface area contributed by atoms with E-state index in [1.807, 2.05) is 121 Å². The van der Waals surface area contributed by atoms with Crippen molar-refractivity contribution in [2.45, 2.75) is 49.7 Å². The first-order valence-electron chi connectivity index (χ1n) is 19.0. The van der Waals surface area contributed by atoms with Crippen molar-refractivity contribution in [2.24, 2.45) is 0 Å². The van der Waals surface area contributed by atoms with E-state index in [1.165, 1.54) is 83.5 Å². The summed E-state index contributed by atoms with van der Waals surface area (Å²) in [5.74, 6) is 0.754. The minimum Gasteiger partial charge on any atom is -1.00 e. The van der Waals surface area contributed by atoms with Gasteiger partial charge in [0.05, 0.1) is 0 Å². The minimum absolute atomic E-state index is 0. The molecule has 0 aliphatic rings. The van der Waals surface area contributed by atoms with E-state index in [0.29, 0.717) is 43.4 Å². The third-order valence-corrected chi connectivity index (χ3v) is 14.2. The standard InChI is InChI=1S/C46H34N6O6S6.2Na.2H/c53-63(54,55)39-27-33(47-41-29-43(59-35-13-5-1-6-14-35)51-45(49-41)61-37-17-9-3-10-18-37)25-23-31(39)21-22-32-24-26-34(28-40(32)64(56,57)58)48-42-30-44(60-36-15-7-2-8-16-36)52-46(50-42)62-38-19-11-4-12-20-38;;;;/h1-30H,(H,47,49,51)(H,48,50,52)(H,53,54,55)(H,56,57,58);;;;/q;2*+1;2*-1. The molecule has 8 rings (SSSR count). The molecule has 0 aliphatic carbocycles. The number of aromatic nitrogens is 4. The maximum Gasteiger partial charge on any atom is 1.00 e. The van der Waals surface area contributed by atoms with Crippen molar-refractivity contribution in [3.05, 3.63) is 181 Å². The molecule has 0 radical (unpaired) electrons. The summed E-state index contributed by atoms with van der Waals surface area (Å²) in [6.07, 6.45) is 2.67. The zero-order chi connectivity index (χ0) is 44.5. The topological polar surface area (TPSA) is 184 Å². The van der Waals surface area contributed by atoms with Crippen molar-refractivity contribution in [1.29, 1.82) is 0 Å². The Morgan fingerprint density at radius 1 is 0.424 bits per heavy atom. The number of anilines is 4. The smallest absolute Gasteiger partial charge is 1.00 e. The number of hydrogen-bond donors (Lipinski definition) is 4. The van der Waals surface area contributed by atoms with Gasteiger partial charge < -0.3 is 13.5 Å². The van der Waals surface area contributed by atoms with E-state index in [9.17, 15) is 25.9 Å². The summed E-state index contributed by atoms with van der Waals surface area (Å²) in [5.41, 5.74) is 0.689. The minimum atomic E-state index is -4.80. The number of benzene rings is 6. The van der Waals surface area contributed by atoms with E-state index in [1.54, 1.807) is 24.3 Å². The molecule has 8 aromatic rings. The molecular formula is C46H36N6Na2O6S6. The van der Waals surface area contributed by atoms with Gasteiger partial charge in [0.15, 0.2) is 10.3 Å². The monoisotopic (exact) mass is 1010 g/mol. The maximum absolute atomic E-state index is 12.8. The molecule has 66 heavy (non-hydrogen) atoms. The second-order valence-electron chi connectivity index (χ2n) is 13.4. The van der Waals surface area contributed by atoms with Gasteiger partial charge in [-0.25, -0.2) is 19.9 Å². The molecular weight excluding hydrogens is 971 g/mol. The Morgan fingerprint density at radius 3 is 1.06 bits per heavy atom. The Bertz CT molecular complexity index is 2870. The van der Waals surface area contributed by atoms with Gasteiger partial charge >= 0.3 is 59.1 Å². The average Bonchev–Trinajstić information content (AvgIpc) is 3.27. The second-order valence-corrected chi connectivity index (χ2v) is 20.5. The van der Waals surface area contributed by atoms with E-state index in [4.69, 9.17) is 9.97 Å². The van der Waals surface area contributed by atoms with Crippen molar-refractivity contribution < 1.29 is 87.9 Å². The van der Waals surface area contributed by atoms with Crippen LogP contribution in [0.2, 0.25) is 0 Å². The molecule has 0 fully saturated rings. The Kier molecular flexibility index (Phi) is 18.6. The van der Waals surface area contributed by atoms with Crippen LogP contribution < -0.4 is 69.7 Å². The van der Waals surface area contributed by atoms with Crippen LogP contribution in [0.4, 0.5) is 23.0 Å². The maximum atomic E-state index is 12.8. The van der Waals surface area contributed by atoms with Crippen molar-refractivity contribution in [2.75, 3.05) is 10.6 Å². The first-order valence-corrected chi connectivity index (χ1v) is 25.2. The van der Waals surface area contributed by atoms with E-state index in [2.05, 4.69) is 20.6 Å². The van der Waals surface area contributed by atoms with E-state index in [-0.39, 0.29) is 73.1 Å². The molecule has 0 bridgehead atoms. The molecule has 0 aliphatic heterocycles. The molecule has 0 atom stereocenters. The van der Waals surface area contributed by atoms with Gasteiger partial charge in [-0.15, -0.1) is 0 Å². The van der Waals surface area contributed by atoms with Gasteiger partial charge in [0.2, 0.25) is 0 Å². The van der Waals surface area contributed by atoms with Gasteiger partial charge in [0.1, 0.15) is 31.5 Å². The van der Waals surface area contributed by atoms with Gasteiger partial charge in [-0.3, -0.25) is 9.11 Å². The molecule has 324 valence electrons. The Balaban J connectivity index is 0.00000252. The van der Waals surface area contributed by atoms with Crippen LogP contribution in [0.1, 0.15) is 14.0 Å². The van der Waals surface area contributed by atoms with Gasteiger partial charge in [0, 0.05) is 43.1 Å². The summed E-state index contributed by atoms with van der Waals surface area (Å²) in [6.45, 7) is 0. The number of hydrogen-bond acceptors (Lipinski definition) is 14. The molecule has 20 heteroatoms. The van der Waals surface area contributed by atoms with E-state index < -0.39 is 30.0 Å². The predicted molar refractivity (Wildman–Crippen MR) is 257 cm³/mol. The van der Waals surface area contributed by atoms with Crippen LogP contribution in [0.25, 0.3) is 12.2 Å². The summed E-state index contributed by atoms with van der Waals surface area (Å²) in [6, 6.07) is 50.7. The van der Waals surface area contributed by atoms with Crippen molar-refractivity contribution in [1.82, 2.24) is 19.9 Å². The molecule has 4 N–H and O–H groups in total. The van der Waals surface area contributed by atoms with Gasteiger partial charge in [-0.2, -0.15) is 16.8 Å². The van der Waals surface area contributed by atoms with Crippen LogP contribution >= 0.6 is 47.0 Å². The first-order chi connectivity index (χ1) is 30.9. The number of rotatable bonds is 16. The predicted octanol–water partition coefficient (Wildman–Crippen LogP) is 6.26. The zero-order valence-electron chi connectivity index (χ0n) is 37.1. The summed E-state index contributed by atoms with van der Waals surface area (Å²) in [5, 5.41) is 8.49. The molecule has 0 saturated carbocycles. The Hall–Kier alpha value is -3.96. The first kappa shape index (κ1) is 51.4. The molecule has 2 aromatic heterocycles. The molecule has 2 heterocycles. The SMILES string of the molecule is O=S(=O)(O)c1cc(Nc2cc(Sc3ccccc3)nc(Sc3ccccc3)n2)ccc1C=Cc1ccc(Nc2cc(Sc3ccccc3)nc(Sc3ccccc3)n2)cc1S(=O)(=O)O.[H-].[H-].[Na+].[Na+]. The average molecular weight is 1010 g/mol. The van der Waals surface area contributed by atoms with E-state index in [0.717, 1.165) is 19.6 Å². The van der Waals surface area contributed by atoms with Crippen LogP contribution in [0.15, 0.2) is 220 Å². The molecule has 6 aromatic carbocycles. The molecule has 0 unspecified atom stereocenters. The summed E-state index contributed by atoms with van der Waals surface area (Å²) < 4.78 is 71.9. The summed E-state index contributed by atoms with van der Waals surface area (Å²) in [7, 11) is -9.61. The van der Waals surface area contributed by atoms with Crippen LogP contribution in [0, 0.1) is 0 Å². The fourth-order valence-electron chi connectivity index (χ4n) is 5.96. The normalized spacial score (nSPS) is 11.4. The van der Waals surface area contributed by atoms with E-state index >= 15 is 0 Å². The Morgan fingerprint density at radius 2 is 0.742 bits per heavy atom. The zero-order valence-corrected chi connectivity index (χ0v) is 44.0. The largest absolute Gasteiger partial charge is 1.00 e. The van der Waals surface area contributed by atoms with Crippen molar-refractivity contribution >= 4 is 102 Å². The van der Waals surface area contributed by atoms with Crippen LogP contribution in [-0.4, -0.2) is 45.9 Å². The van der Waals surface area contributed by atoms with Crippen LogP contribution in [-0.2, 0) is 20.2 Å². The number of nitrogens with one attached hydrogen (secondary N) is 2. The summed E-state index contributed by atoms with van der Waals surface area (Å²) in [4.78, 5) is 21.7. The van der Waals surface area contributed by atoms with Crippen LogP contribution in [0.3, 0.4) is 0 Å². The van der Waals surface area contributed by atoms with Crippen molar-refractivity contribution in [3.63, 3.8) is 0 Å². The Labute approximate surface area is 446 Å². The van der Waals surface area contributed by atoms with Gasteiger partial charge in [-0.05, 0) is 107 Å². The third kappa shape index (κ3) is 14.8. The quantitative estimate of drug-likeness (QED) is 0.0280. The van der Waals surface area contributed by atoms with Gasteiger partial charge in [-0.1, -0.05) is 121 Å². The number of nitrogens with zero attached hydrogens (tertiary/aromatic N) is 4.